The van der Waals surface area contributed by atoms with Crippen LogP contribution in [0.2, 0.25) is 0 Å². The predicted octanol–water partition coefficient (Wildman–Crippen LogP) is 4.72. The Labute approximate surface area is 180 Å². The van der Waals surface area contributed by atoms with Crippen molar-refractivity contribution in [1.82, 2.24) is 14.9 Å². The van der Waals surface area contributed by atoms with Gasteiger partial charge in [-0.3, -0.25) is 14.7 Å². The Hall–Kier alpha value is -2.77. The molecule has 0 bridgehead atoms. The van der Waals surface area contributed by atoms with Crippen molar-refractivity contribution in [3.05, 3.63) is 59.7 Å². The van der Waals surface area contributed by atoms with Gasteiger partial charge in [0.1, 0.15) is 0 Å². The minimum Gasteiger partial charge on any atom is -0.466 e. The quantitative estimate of drug-likeness (QED) is 0.556. The molecule has 7 heteroatoms. The van der Waals surface area contributed by atoms with Crippen LogP contribution in [0.15, 0.2) is 54.2 Å². The zero-order valence-electron chi connectivity index (χ0n) is 17.1. The van der Waals surface area contributed by atoms with E-state index in [0.717, 1.165) is 54.6 Å². The van der Waals surface area contributed by atoms with E-state index in [1.165, 1.54) is 5.56 Å². The molecular weight excluding hydrogens is 396 g/mol. The molecule has 0 spiro atoms. The highest BCUT2D eigenvalue weighted by Gasteiger charge is 2.25. The van der Waals surface area contributed by atoms with Gasteiger partial charge in [-0.05, 0) is 62.7 Å². The van der Waals surface area contributed by atoms with Crippen molar-refractivity contribution in [2.45, 2.75) is 26.3 Å². The number of hydrogen-bond donors (Lipinski definition) is 1. The van der Waals surface area contributed by atoms with Gasteiger partial charge >= 0.3 is 5.97 Å². The van der Waals surface area contributed by atoms with Gasteiger partial charge in [-0.25, -0.2) is 4.98 Å². The molecule has 2 aromatic heterocycles. The third kappa shape index (κ3) is 5.23. The zero-order valence-corrected chi connectivity index (χ0v) is 17.9. The molecule has 3 heterocycles. The van der Waals surface area contributed by atoms with Crippen molar-refractivity contribution in [3.8, 4) is 11.3 Å². The molecule has 1 saturated heterocycles. The Morgan fingerprint density at radius 3 is 2.90 bits per heavy atom. The molecule has 1 fully saturated rings. The van der Waals surface area contributed by atoms with Gasteiger partial charge in [0.05, 0.1) is 18.2 Å². The minimum atomic E-state index is -0.0440. The molecule has 0 atom stereocenters. The number of ether oxygens (including phenoxy) is 1. The highest BCUT2D eigenvalue weighted by Crippen LogP contribution is 2.27. The van der Waals surface area contributed by atoms with Gasteiger partial charge in [0.2, 0.25) is 0 Å². The number of aromatic nitrogens is 2. The lowest BCUT2D eigenvalue weighted by Gasteiger charge is -2.30. The number of benzene rings is 1. The lowest BCUT2D eigenvalue weighted by Crippen LogP contribution is -2.36. The van der Waals surface area contributed by atoms with Crippen LogP contribution in [0.1, 0.15) is 25.3 Å². The van der Waals surface area contributed by atoms with Crippen molar-refractivity contribution < 1.29 is 9.53 Å². The Morgan fingerprint density at radius 1 is 1.27 bits per heavy atom. The van der Waals surface area contributed by atoms with Crippen molar-refractivity contribution in [2.75, 3.05) is 25.0 Å². The Balaban J connectivity index is 1.34. The highest BCUT2D eigenvalue weighted by atomic mass is 32.1. The molecule has 1 aliphatic heterocycles. The normalized spacial score (nSPS) is 15.1. The zero-order chi connectivity index (χ0) is 20.8. The van der Waals surface area contributed by atoms with E-state index in [1.807, 2.05) is 30.6 Å². The average Bonchev–Trinajstić information content (AvgIpc) is 3.24. The first-order valence-electron chi connectivity index (χ1n) is 10.3. The van der Waals surface area contributed by atoms with Crippen LogP contribution in [0.3, 0.4) is 0 Å². The first kappa shape index (κ1) is 20.5. The summed E-state index contributed by atoms with van der Waals surface area (Å²) in [7, 11) is 0. The van der Waals surface area contributed by atoms with E-state index < -0.39 is 0 Å². The Morgan fingerprint density at radius 2 is 2.13 bits per heavy atom. The number of nitrogens with one attached hydrogen (secondary N) is 1. The van der Waals surface area contributed by atoms with E-state index in [0.29, 0.717) is 6.61 Å². The lowest BCUT2D eigenvalue weighted by molar-refractivity contribution is -0.149. The molecule has 1 aromatic carbocycles. The number of esters is 1. The number of likely N-dealkylation sites (tertiary alicyclic amines) is 1. The van der Waals surface area contributed by atoms with Crippen molar-refractivity contribution >= 4 is 28.1 Å². The average molecular weight is 423 g/mol. The number of carbonyl (C=O) groups excluding carboxylic acids is 1. The molecule has 1 aliphatic rings. The fourth-order valence-corrected chi connectivity index (χ4v) is 4.43. The number of nitrogens with zero attached hydrogens (tertiary/aromatic N) is 3. The van der Waals surface area contributed by atoms with Crippen LogP contribution >= 0.6 is 11.3 Å². The molecule has 0 aliphatic carbocycles. The van der Waals surface area contributed by atoms with E-state index in [1.54, 1.807) is 17.5 Å². The largest absolute Gasteiger partial charge is 0.466 e. The van der Waals surface area contributed by atoms with E-state index >= 15 is 0 Å². The van der Waals surface area contributed by atoms with E-state index in [4.69, 9.17) is 4.74 Å². The van der Waals surface area contributed by atoms with Gasteiger partial charge in [0.15, 0.2) is 5.13 Å². The van der Waals surface area contributed by atoms with Crippen molar-refractivity contribution in [3.63, 3.8) is 0 Å². The summed E-state index contributed by atoms with van der Waals surface area (Å²) >= 11 is 1.58. The molecule has 156 valence electrons. The predicted molar refractivity (Wildman–Crippen MR) is 120 cm³/mol. The van der Waals surface area contributed by atoms with Crippen molar-refractivity contribution in [1.29, 1.82) is 0 Å². The summed E-state index contributed by atoms with van der Waals surface area (Å²) in [6, 6.07) is 12.4. The first-order valence-corrected chi connectivity index (χ1v) is 11.2. The second-order valence-electron chi connectivity index (χ2n) is 7.41. The standard InChI is InChI=1S/C23H26N4O2S/c1-2-29-22(28)18-8-11-27(12-9-18)15-17-5-3-7-20(13-17)25-23-26-21(16-30-23)19-6-4-10-24-14-19/h3-7,10,13-14,16,18H,2,8-9,11-12,15H2,1H3,(H,25,26). The molecular formula is C23H26N4O2S. The molecule has 3 aromatic rings. The third-order valence-corrected chi connectivity index (χ3v) is 6.01. The van der Waals surface area contributed by atoms with Crippen molar-refractivity contribution in [2.24, 2.45) is 5.92 Å². The minimum absolute atomic E-state index is 0.0440. The molecule has 0 saturated carbocycles. The molecule has 6 nitrogen and oxygen atoms in total. The number of anilines is 2. The number of hydrogen-bond acceptors (Lipinski definition) is 7. The van der Waals surface area contributed by atoms with E-state index in [9.17, 15) is 4.79 Å². The van der Waals surface area contributed by atoms with Gasteiger partial charge in [-0.1, -0.05) is 12.1 Å². The molecule has 0 amide bonds. The highest BCUT2D eigenvalue weighted by molar-refractivity contribution is 7.14. The summed E-state index contributed by atoms with van der Waals surface area (Å²) in [5.41, 5.74) is 4.22. The number of carbonyl (C=O) groups is 1. The maximum atomic E-state index is 11.9. The number of piperidine rings is 1. The van der Waals surface area contributed by atoms with Gasteiger partial charge in [-0.15, -0.1) is 11.3 Å². The Kier molecular flexibility index (Phi) is 6.71. The second kappa shape index (κ2) is 9.82. The maximum absolute atomic E-state index is 11.9. The van der Waals surface area contributed by atoms with Crippen LogP contribution < -0.4 is 5.32 Å². The van der Waals surface area contributed by atoms with Gasteiger partial charge in [-0.2, -0.15) is 0 Å². The van der Waals surface area contributed by atoms with Crippen LogP contribution in [-0.4, -0.2) is 40.5 Å². The summed E-state index contributed by atoms with van der Waals surface area (Å²) in [4.78, 5) is 23.2. The van der Waals surface area contributed by atoms with Crippen LogP contribution in [-0.2, 0) is 16.1 Å². The van der Waals surface area contributed by atoms with Crippen LogP contribution in [0, 0.1) is 5.92 Å². The van der Waals surface area contributed by atoms with Gasteiger partial charge < -0.3 is 10.1 Å². The molecule has 30 heavy (non-hydrogen) atoms. The smallest absolute Gasteiger partial charge is 0.309 e. The van der Waals surface area contributed by atoms with Gasteiger partial charge in [0, 0.05) is 35.6 Å². The molecule has 0 unspecified atom stereocenters. The lowest BCUT2D eigenvalue weighted by atomic mass is 9.96. The van der Waals surface area contributed by atoms with Crippen LogP contribution in [0.5, 0.6) is 0 Å². The summed E-state index contributed by atoms with van der Waals surface area (Å²) in [5, 5.41) is 6.32. The fourth-order valence-electron chi connectivity index (χ4n) is 3.69. The third-order valence-electron chi connectivity index (χ3n) is 5.25. The summed E-state index contributed by atoms with van der Waals surface area (Å²) < 4.78 is 5.16. The van der Waals surface area contributed by atoms with E-state index in [2.05, 4.69) is 44.5 Å². The number of pyridine rings is 1. The summed E-state index contributed by atoms with van der Waals surface area (Å²) in [5.74, 6) is 0.00515. The van der Waals surface area contributed by atoms with Crippen LogP contribution in [0.4, 0.5) is 10.8 Å². The molecule has 0 radical (unpaired) electrons. The maximum Gasteiger partial charge on any atom is 0.309 e. The number of rotatable bonds is 7. The topological polar surface area (TPSA) is 67.3 Å². The van der Waals surface area contributed by atoms with Crippen LogP contribution in [0.25, 0.3) is 11.3 Å². The monoisotopic (exact) mass is 422 g/mol. The summed E-state index contributed by atoms with van der Waals surface area (Å²) in [6.45, 7) is 5.04. The Bertz CT molecular complexity index is 968. The second-order valence-corrected chi connectivity index (χ2v) is 8.27. The SMILES string of the molecule is CCOC(=O)C1CCN(Cc2cccc(Nc3nc(-c4cccnc4)cs3)c2)CC1. The number of thiazole rings is 1. The molecule has 1 N–H and O–H groups in total. The molecule has 4 rings (SSSR count). The van der Waals surface area contributed by atoms with E-state index in [-0.39, 0.29) is 11.9 Å². The van der Waals surface area contributed by atoms with Gasteiger partial charge in [0.25, 0.3) is 0 Å². The summed E-state index contributed by atoms with van der Waals surface area (Å²) in [6.07, 6.45) is 5.32. The fraction of sp³-hybridized carbons (Fsp3) is 0.348. The first-order chi connectivity index (χ1) is 14.7.